The van der Waals surface area contributed by atoms with E-state index < -0.39 is 0 Å². The maximum atomic E-state index is 6.00. The zero-order chi connectivity index (χ0) is 21.8. The molecule has 1 saturated heterocycles. The van der Waals surface area contributed by atoms with Crippen molar-refractivity contribution in [3.8, 4) is 0 Å². The molecular weight excluding hydrogens is 392 g/mol. The summed E-state index contributed by atoms with van der Waals surface area (Å²) >= 11 is 0. The molecule has 5 rings (SSSR count). The number of piperidine rings is 1. The van der Waals surface area contributed by atoms with Crippen LogP contribution in [0.15, 0.2) is 83.3 Å². The number of likely N-dealkylation sites (tertiary alicyclic amines) is 1. The number of oxazole rings is 1. The Morgan fingerprint density at radius 3 is 2.22 bits per heavy atom. The van der Waals surface area contributed by atoms with Crippen LogP contribution in [0.2, 0.25) is 0 Å². The normalized spacial score (nSPS) is 15.6. The average molecular weight is 425 g/mol. The SMILES string of the molecule is Cc1ccc2oc(CC3CCN(CCC(c4ccccc4)c4ccccc4)CC3)nc2c1. The van der Waals surface area contributed by atoms with Crippen molar-refractivity contribution in [1.82, 2.24) is 9.88 Å². The molecule has 1 aliphatic rings. The fourth-order valence-electron chi connectivity index (χ4n) is 5.04. The summed E-state index contributed by atoms with van der Waals surface area (Å²) in [5.74, 6) is 2.02. The van der Waals surface area contributed by atoms with Crippen LogP contribution in [0.1, 0.15) is 47.8 Å². The molecule has 4 aromatic rings. The van der Waals surface area contributed by atoms with Crippen LogP contribution in [0.4, 0.5) is 0 Å². The molecule has 1 aromatic heterocycles. The Labute approximate surface area is 191 Å². The topological polar surface area (TPSA) is 29.3 Å². The standard InChI is InChI=1S/C29H32N2O/c1-22-12-13-28-27(20-22)30-29(32-28)21-23-14-17-31(18-15-23)19-16-26(24-8-4-2-5-9-24)25-10-6-3-7-11-25/h2-13,20,23,26H,14-19,21H2,1H3. The lowest BCUT2D eigenvalue weighted by Gasteiger charge is -2.32. The number of nitrogens with zero attached hydrogens (tertiary/aromatic N) is 2. The van der Waals surface area contributed by atoms with Gasteiger partial charge in [0, 0.05) is 12.3 Å². The van der Waals surface area contributed by atoms with Gasteiger partial charge in [0.15, 0.2) is 11.5 Å². The fraction of sp³-hybridized carbons (Fsp3) is 0.345. The van der Waals surface area contributed by atoms with Crippen molar-refractivity contribution in [2.45, 2.75) is 38.5 Å². The van der Waals surface area contributed by atoms with Gasteiger partial charge in [0.25, 0.3) is 0 Å². The van der Waals surface area contributed by atoms with E-state index in [-0.39, 0.29) is 0 Å². The van der Waals surface area contributed by atoms with Crippen molar-refractivity contribution in [2.75, 3.05) is 19.6 Å². The number of hydrogen-bond acceptors (Lipinski definition) is 3. The highest BCUT2D eigenvalue weighted by Crippen LogP contribution is 2.29. The summed E-state index contributed by atoms with van der Waals surface area (Å²) in [7, 11) is 0. The highest BCUT2D eigenvalue weighted by Gasteiger charge is 2.23. The van der Waals surface area contributed by atoms with Gasteiger partial charge in [0.2, 0.25) is 0 Å². The van der Waals surface area contributed by atoms with Crippen molar-refractivity contribution in [2.24, 2.45) is 5.92 Å². The number of fused-ring (bicyclic) bond motifs is 1. The van der Waals surface area contributed by atoms with Gasteiger partial charge in [-0.25, -0.2) is 4.98 Å². The van der Waals surface area contributed by atoms with Crippen LogP contribution in [-0.4, -0.2) is 29.5 Å². The molecule has 0 saturated carbocycles. The Kier molecular flexibility index (Phi) is 6.36. The van der Waals surface area contributed by atoms with Crippen molar-refractivity contribution in [3.63, 3.8) is 0 Å². The maximum Gasteiger partial charge on any atom is 0.195 e. The van der Waals surface area contributed by atoms with Crippen LogP contribution in [0.25, 0.3) is 11.1 Å². The van der Waals surface area contributed by atoms with Gasteiger partial charge in [-0.05, 0) is 80.6 Å². The summed E-state index contributed by atoms with van der Waals surface area (Å²) in [5, 5.41) is 0. The Bertz CT molecular complexity index is 1090. The summed E-state index contributed by atoms with van der Waals surface area (Å²) in [6.07, 6.45) is 4.56. The fourth-order valence-corrected chi connectivity index (χ4v) is 5.04. The Balaban J connectivity index is 1.17. The number of benzene rings is 3. The summed E-state index contributed by atoms with van der Waals surface area (Å²) in [6.45, 7) is 5.58. The quantitative estimate of drug-likeness (QED) is 0.334. The first-order valence-corrected chi connectivity index (χ1v) is 11.9. The van der Waals surface area contributed by atoms with Gasteiger partial charge in [0.1, 0.15) is 5.52 Å². The summed E-state index contributed by atoms with van der Waals surface area (Å²) < 4.78 is 6.00. The van der Waals surface area contributed by atoms with Crippen molar-refractivity contribution in [1.29, 1.82) is 0 Å². The van der Waals surface area contributed by atoms with Crippen molar-refractivity contribution >= 4 is 11.1 Å². The minimum atomic E-state index is 0.457. The monoisotopic (exact) mass is 424 g/mol. The van der Waals surface area contributed by atoms with E-state index in [2.05, 4.69) is 84.6 Å². The molecule has 0 amide bonds. The predicted octanol–water partition coefficient (Wildman–Crippen LogP) is 6.61. The van der Waals surface area contributed by atoms with Gasteiger partial charge in [-0.15, -0.1) is 0 Å². The van der Waals surface area contributed by atoms with E-state index in [1.54, 1.807) is 0 Å². The summed E-state index contributed by atoms with van der Waals surface area (Å²) in [4.78, 5) is 7.38. The molecule has 1 fully saturated rings. The van der Waals surface area contributed by atoms with Gasteiger partial charge in [-0.3, -0.25) is 0 Å². The van der Waals surface area contributed by atoms with Crippen LogP contribution >= 0.6 is 0 Å². The zero-order valence-electron chi connectivity index (χ0n) is 18.9. The summed E-state index contributed by atoms with van der Waals surface area (Å²) in [5.41, 5.74) is 5.97. The molecule has 0 radical (unpaired) electrons. The maximum absolute atomic E-state index is 6.00. The third-order valence-electron chi connectivity index (χ3n) is 6.90. The van der Waals surface area contributed by atoms with Gasteiger partial charge < -0.3 is 9.32 Å². The molecular formula is C29H32N2O. The Hall–Kier alpha value is -2.91. The average Bonchev–Trinajstić information content (AvgIpc) is 3.23. The van der Waals surface area contributed by atoms with Crippen LogP contribution in [0.3, 0.4) is 0 Å². The second kappa shape index (κ2) is 9.70. The van der Waals surface area contributed by atoms with E-state index in [1.807, 2.05) is 6.07 Å². The molecule has 0 spiro atoms. The van der Waals surface area contributed by atoms with E-state index in [4.69, 9.17) is 9.40 Å². The number of rotatable bonds is 7. The van der Waals surface area contributed by atoms with E-state index in [0.29, 0.717) is 11.8 Å². The van der Waals surface area contributed by atoms with Crippen molar-refractivity contribution < 1.29 is 4.42 Å². The molecule has 0 atom stereocenters. The van der Waals surface area contributed by atoms with Gasteiger partial charge in [-0.2, -0.15) is 0 Å². The molecule has 1 aliphatic heterocycles. The van der Waals surface area contributed by atoms with Crippen LogP contribution in [-0.2, 0) is 6.42 Å². The van der Waals surface area contributed by atoms with Gasteiger partial charge in [-0.1, -0.05) is 66.7 Å². The molecule has 3 heteroatoms. The molecule has 0 unspecified atom stereocenters. The number of hydrogen-bond donors (Lipinski definition) is 0. The molecule has 164 valence electrons. The van der Waals surface area contributed by atoms with Gasteiger partial charge in [0.05, 0.1) is 0 Å². The summed E-state index contributed by atoms with van der Waals surface area (Å²) in [6, 6.07) is 28.2. The highest BCUT2D eigenvalue weighted by atomic mass is 16.3. The first-order valence-electron chi connectivity index (χ1n) is 11.9. The third-order valence-corrected chi connectivity index (χ3v) is 6.90. The minimum Gasteiger partial charge on any atom is -0.441 e. The molecule has 0 N–H and O–H groups in total. The first-order chi connectivity index (χ1) is 15.7. The van der Waals surface area contributed by atoms with Crippen LogP contribution in [0, 0.1) is 12.8 Å². The Morgan fingerprint density at radius 2 is 1.56 bits per heavy atom. The second-order valence-electron chi connectivity index (χ2n) is 9.23. The minimum absolute atomic E-state index is 0.457. The molecule has 3 nitrogen and oxygen atoms in total. The largest absolute Gasteiger partial charge is 0.441 e. The van der Waals surface area contributed by atoms with Crippen LogP contribution in [0.5, 0.6) is 0 Å². The molecule has 0 aliphatic carbocycles. The third kappa shape index (κ3) is 4.94. The first kappa shape index (κ1) is 21.0. The van der Waals surface area contributed by atoms with Gasteiger partial charge >= 0.3 is 0 Å². The molecule has 2 heterocycles. The highest BCUT2D eigenvalue weighted by molar-refractivity contribution is 5.73. The van der Waals surface area contributed by atoms with Crippen LogP contribution < -0.4 is 0 Å². The zero-order valence-corrected chi connectivity index (χ0v) is 18.9. The van der Waals surface area contributed by atoms with E-state index in [1.165, 1.54) is 42.6 Å². The molecule has 32 heavy (non-hydrogen) atoms. The smallest absolute Gasteiger partial charge is 0.195 e. The lowest BCUT2D eigenvalue weighted by atomic mass is 9.87. The van der Waals surface area contributed by atoms with Crippen molar-refractivity contribution in [3.05, 3.63) is 101 Å². The Morgan fingerprint density at radius 1 is 0.906 bits per heavy atom. The van der Waals surface area contributed by atoms with E-state index >= 15 is 0 Å². The lowest BCUT2D eigenvalue weighted by Crippen LogP contribution is -2.35. The predicted molar refractivity (Wildman–Crippen MR) is 131 cm³/mol. The molecule has 0 bridgehead atoms. The molecule has 3 aromatic carbocycles. The van der Waals surface area contributed by atoms with E-state index in [9.17, 15) is 0 Å². The number of aryl methyl sites for hydroxylation is 1. The second-order valence-corrected chi connectivity index (χ2v) is 9.23. The lowest BCUT2D eigenvalue weighted by molar-refractivity contribution is 0.176. The van der Waals surface area contributed by atoms with E-state index in [0.717, 1.165) is 36.4 Å². The number of aromatic nitrogens is 1.